The maximum Gasteiger partial charge on any atom is 0.146 e. The first kappa shape index (κ1) is 8.91. The summed E-state index contributed by atoms with van der Waals surface area (Å²) in [5.41, 5.74) is 0.863. The van der Waals surface area contributed by atoms with Gasteiger partial charge in [-0.15, -0.1) is 0 Å². The van der Waals surface area contributed by atoms with Crippen molar-refractivity contribution in [2.75, 3.05) is 18.0 Å². The largest absolute Gasteiger partial charge is 0.505 e. The first-order valence-electron chi connectivity index (χ1n) is 4.24. The lowest BCUT2D eigenvalue weighted by atomic mass is 10.2. The molecule has 1 aromatic carbocycles. The summed E-state index contributed by atoms with van der Waals surface area (Å²) in [4.78, 5) is 2.09. The average Bonchev–Trinajstić information content (AvgIpc) is 2.10. The fourth-order valence-electron chi connectivity index (χ4n) is 1.24. The number of rotatable bonds is 3. The van der Waals surface area contributed by atoms with Crippen molar-refractivity contribution in [2.45, 2.75) is 13.8 Å². The third kappa shape index (κ3) is 1.70. The van der Waals surface area contributed by atoms with Crippen molar-refractivity contribution in [3.8, 4) is 5.75 Å². The number of hydrogen-bond donors (Lipinski definition) is 1. The average molecular weight is 164 g/mol. The number of phenolic OH excluding ortho intramolecular Hbond substituents is 1. The SMILES string of the molecule is CCN(CC)c1ccc[c]c1O. The highest BCUT2D eigenvalue weighted by atomic mass is 16.3. The Morgan fingerprint density at radius 1 is 1.42 bits per heavy atom. The quantitative estimate of drug-likeness (QED) is 0.739. The highest BCUT2D eigenvalue weighted by Crippen LogP contribution is 2.24. The third-order valence-electron chi connectivity index (χ3n) is 1.92. The Labute approximate surface area is 73.4 Å². The number of anilines is 1. The van der Waals surface area contributed by atoms with Crippen molar-refractivity contribution in [1.29, 1.82) is 0 Å². The van der Waals surface area contributed by atoms with Crippen molar-refractivity contribution in [1.82, 2.24) is 0 Å². The fourth-order valence-corrected chi connectivity index (χ4v) is 1.24. The molecule has 0 aromatic heterocycles. The molecule has 65 valence electrons. The van der Waals surface area contributed by atoms with Gasteiger partial charge in [0.2, 0.25) is 0 Å². The van der Waals surface area contributed by atoms with Crippen LogP contribution in [0, 0.1) is 6.07 Å². The molecule has 0 fully saturated rings. The lowest BCUT2D eigenvalue weighted by molar-refractivity contribution is 0.473. The zero-order valence-electron chi connectivity index (χ0n) is 7.54. The Hall–Kier alpha value is -1.18. The van der Waals surface area contributed by atoms with Crippen LogP contribution in [0.15, 0.2) is 18.2 Å². The first-order chi connectivity index (χ1) is 5.79. The fraction of sp³-hybridized carbons (Fsp3) is 0.400. The molecule has 0 amide bonds. The van der Waals surface area contributed by atoms with Crippen molar-refractivity contribution in [2.24, 2.45) is 0 Å². The van der Waals surface area contributed by atoms with Crippen LogP contribution < -0.4 is 4.90 Å². The highest BCUT2D eigenvalue weighted by Gasteiger charge is 2.05. The van der Waals surface area contributed by atoms with Gasteiger partial charge in [0.15, 0.2) is 0 Å². The smallest absolute Gasteiger partial charge is 0.146 e. The number of hydrogen-bond acceptors (Lipinski definition) is 2. The summed E-state index contributed by atoms with van der Waals surface area (Å²) in [5, 5.41) is 9.45. The third-order valence-corrected chi connectivity index (χ3v) is 1.92. The Morgan fingerprint density at radius 2 is 2.08 bits per heavy atom. The predicted octanol–water partition coefficient (Wildman–Crippen LogP) is 2.04. The summed E-state index contributed by atoms with van der Waals surface area (Å²) in [5.74, 6) is 0.237. The molecule has 1 radical (unpaired) electrons. The van der Waals surface area contributed by atoms with Crippen LogP contribution in [0.2, 0.25) is 0 Å². The van der Waals surface area contributed by atoms with Gasteiger partial charge in [-0.2, -0.15) is 0 Å². The number of aromatic hydroxyl groups is 1. The molecule has 0 saturated heterocycles. The van der Waals surface area contributed by atoms with E-state index in [1.807, 2.05) is 12.1 Å². The van der Waals surface area contributed by atoms with Crippen LogP contribution in [0.4, 0.5) is 5.69 Å². The van der Waals surface area contributed by atoms with Gasteiger partial charge >= 0.3 is 0 Å². The zero-order chi connectivity index (χ0) is 8.97. The Morgan fingerprint density at radius 3 is 2.58 bits per heavy atom. The normalized spacial score (nSPS) is 9.83. The standard InChI is InChI=1S/C10H14NO/c1-3-11(4-2)9-7-5-6-8-10(9)12/h5-7,12H,3-4H2,1-2H3. The molecule has 0 aliphatic heterocycles. The Kier molecular flexibility index (Phi) is 2.97. The van der Waals surface area contributed by atoms with E-state index in [1.165, 1.54) is 0 Å². The van der Waals surface area contributed by atoms with Gasteiger partial charge in [0.05, 0.1) is 5.69 Å². The van der Waals surface area contributed by atoms with E-state index < -0.39 is 0 Å². The summed E-state index contributed by atoms with van der Waals surface area (Å²) >= 11 is 0. The molecule has 12 heavy (non-hydrogen) atoms. The van der Waals surface area contributed by atoms with Crippen LogP contribution in [0.5, 0.6) is 5.75 Å². The van der Waals surface area contributed by atoms with Gasteiger partial charge in [0, 0.05) is 19.2 Å². The molecule has 0 unspecified atom stereocenters. The molecular weight excluding hydrogens is 150 g/mol. The molecule has 1 N–H and O–H groups in total. The Bertz CT molecular complexity index is 243. The molecule has 1 aromatic rings. The van der Waals surface area contributed by atoms with Crippen LogP contribution in [0.3, 0.4) is 0 Å². The zero-order valence-corrected chi connectivity index (χ0v) is 7.54. The molecule has 0 aliphatic carbocycles. The van der Waals surface area contributed by atoms with Gasteiger partial charge in [-0.05, 0) is 19.9 Å². The minimum Gasteiger partial charge on any atom is -0.505 e. The summed E-state index contributed by atoms with van der Waals surface area (Å²) in [6, 6.07) is 8.26. The molecule has 0 atom stereocenters. The van der Waals surface area contributed by atoms with Gasteiger partial charge < -0.3 is 10.0 Å². The second-order valence-corrected chi connectivity index (χ2v) is 2.58. The lowest BCUT2D eigenvalue weighted by Gasteiger charge is -2.21. The molecule has 1 rings (SSSR count). The van der Waals surface area contributed by atoms with Crippen LogP contribution >= 0.6 is 0 Å². The number of benzene rings is 1. The van der Waals surface area contributed by atoms with Crippen LogP contribution in [0.25, 0.3) is 0 Å². The molecule has 0 spiro atoms. The number of phenols is 1. The molecule has 2 heteroatoms. The van der Waals surface area contributed by atoms with E-state index >= 15 is 0 Å². The van der Waals surface area contributed by atoms with Gasteiger partial charge in [0.1, 0.15) is 5.75 Å². The maximum absolute atomic E-state index is 9.45. The van der Waals surface area contributed by atoms with Crippen LogP contribution in [-0.2, 0) is 0 Å². The van der Waals surface area contributed by atoms with Crippen molar-refractivity contribution in [3.05, 3.63) is 24.3 Å². The minimum absolute atomic E-state index is 0.237. The molecule has 2 nitrogen and oxygen atoms in total. The number of nitrogens with zero attached hydrogens (tertiary/aromatic N) is 1. The highest BCUT2D eigenvalue weighted by molar-refractivity contribution is 5.56. The monoisotopic (exact) mass is 164 g/mol. The van der Waals surface area contributed by atoms with Crippen molar-refractivity contribution in [3.63, 3.8) is 0 Å². The predicted molar refractivity (Wildman–Crippen MR) is 50.5 cm³/mol. The van der Waals surface area contributed by atoms with E-state index in [2.05, 4.69) is 24.8 Å². The number of para-hydroxylation sites is 1. The maximum atomic E-state index is 9.45. The Balaban J connectivity index is 2.92. The van der Waals surface area contributed by atoms with E-state index in [9.17, 15) is 5.11 Å². The van der Waals surface area contributed by atoms with Crippen LogP contribution in [0.1, 0.15) is 13.8 Å². The summed E-state index contributed by atoms with van der Waals surface area (Å²) in [6.45, 7) is 5.94. The van der Waals surface area contributed by atoms with E-state index in [-0.39, 0.29) is 5.75 Å². The van der Waals surface area contributed by atoms with Gasteiger partial charge in [0.25, 0.3) is 0 Å². The second-order valence-electron chi connectivity index (χ2n) is 2.58. The van der Waals surface area contributed by atoms with E-state index in [4.69, 9.17) is 0 Å². The minimum atomic E-state index is 0.237. The summed E-state index contributed by atoms with van der Waals surface area (Å²) in [6.07, 6.45) is 0. The molecule has 0 bridgehead atoms. The lowest BCUT2D eigenvalue weighted by Crippen LogP contribution is -2.21. The van der Waals surface area contributed by atoms with E-state index in [0.717, 1.165) is 18.8 Å². The summed E-state index contributed by atoms with van der Waals surface area (Å²) < 4.78 is 0. The molecule has 0 heterocycles. The summed E-state index contributed by atoms with van der Waals surface area (Å²) in [7, 11) is 0. The van der Waals surface area contributed by atoms with E-state index in [1.54, 1.807) is 6.07 Å². The molecule has 0 saturated carbocycles. The topological polar surface area (TPSA) is 23.5 Å². The van der Waals surface area contributed by atoms with Gasteiger partial charge in [-0.3, -0.25) is 0 Å². The van der Waals surface area contributed by atoms with Crippen LogP contribution in [-0.4, -0.2) is 18.2 Å². The van der Waals surface area contributed by atoms with Crippen molar-refractivity contribution >= 4 is 5.69 Å². The first-order valence-corrected chi connectivity index (χ1v) is 4.24. The van der Waals surface area contributed by atoms with Crippen molar-refractivity contribution < 1.29 is 5.11 Å². The van der Waals surface area contributed by atoms with E-state index in [0.29, 0.717) is 0 Å². The molecule has 0 aliphatic rings. The second kappa shape index (κ2) is 4.00. The van der Waals surface area contributed by atoms with Gasteiger partial charge in [-0.25, -0.2) is 0 Å². The van der Waals surface area contributed by atoms with Gasteiger partial charge in [-0.1, -0.05) is 12.1 Å². The molecular formula is C10H14NO.